The lowest BCUT2D eigenvalue weighted by Gasteiger charge is -2.01. The van der Waals surface area contributed by atoms with E-state index in [4.69, 9.17) is 15.0 Å². The van der Waals surface area contributed by atoms with Crippen molar-refractivity contribution in [3.8, 4) is 0 Å². The van der Waals surface area contributed by atoms with Gasteiger partial charge in [-0.3, -0.25) is 0 Å². The Hall–Kier alpha value is -0.940. The van der Waals surface area contributed by atoms with Gasteiger partial charge in [0.05, 0.1) is 6.04 Å². The summed E-state index contributed by atoms with van der Waals surface area (Å²) in [6.45, 7) is 3.63. The lowest BCUT2D eigenvalue weighted by Crippen LogP contribution is -2.06. The van der Waals surface area contributed by atoms with E-state index in [9.17, 15) is 0 Å². The van der Waals surface area contributed by atoms with Gasteiger partial charge in [0.25, 0.3) is 0 Å². The molecule has 0 saturated carbocycles. The number of rotatable bonds is 3. The number of hydrogen-bond donors (Lipinski definition) is 1. The summed E-state index contributed by atoms with van der Waals surface area (Å²) in [7, 11) is 1.59. The van der Waals surface area contributed by atoms with Crippen LogP contribution in [0.5, 0.6) is 0 Å². The Balaban J connectivity index is 2.77. The van der Waals surface area contributed by atoms with E-state index in [-0.39, 0.29) is 12.1 Å². The van der Waals surface area contributed by atoms with Gasteiger partial charge in [-0.2, -0.15) is 4.98 Å². The number of ether oxygens (including phenoxy) is 1. The molecule has 0 amide bonds. The molecule has 0 spiro atoms. The van der Waals surface area contributed by atoms with Crippen molar-refractivity contribution in [1.29, 1.82) is 0 Å². The molecule has 2 N–H and O–H groups in total. The molecule has 0 fully saturated rings. The van der Waals surface area contributed by atoms with Crippen LogP contribution in [0.4, 0.5) is 0 Å². The fraction of sp³-hybridized carbons (Fsp3) is 0.714. The van der Waals surface area contributed by atoms with Crippen molar-refractivity contribution in [3.05, 3.63) is 11.7 Å². The van der Waals surface area contributed by atoms with Crippen LogP contribution in [0, 0.1) is 0 Å². The largest absolute Gasteiger partial charge is 0.374 e. The van der Waals surface area contributed by atoms with E-state index in [1.165, 1.54) is 0 Å². The van der Waals surface area contributed by atoms with Gasteiger partial charge in [0.15, 0.2) is 5.82 Å². The van der Waals surface area contributed by atoms with E-state index in [0.717, 1.165) is 0 Å². The molecule has 0 radical (unpaired) electrons. The Morgan fingerprint density at radius 2 is 2.17 bits per heavy atom. The summed E-state index contributed by atoms with van der Waals surface area (Å²) >= 11 is 0. The zero-order valence-corrected chi connectivity index (χ0v) is 7.44. The average Bonchev–Trinajstić information content (AvgIpc) is 2.51. The highest BCUT2D eigenvalue weighted by atomic mass is 16.5. The van der Waals surface area contributed by atoms with Gasteiger partial charge in [0.2, 0.25) is 5.89 Å². The van der Waals surface area contributed by atoms with Gasteiger partial charge >= 0.3 is 0 Å². The van der Waals surface area contributed by atoms with E-state index in [0.29, 0.717) is 11.7 Å². The number of methoxy groups -OCH3 is 1. The van der Waals surface area contributed by atoms with E-state index >= 15 is 0 Å². The summed E-state index contributed by atoms with van der Waals surface area (Å²) in [5.74, 6) is 0.971. The van der Waals surface area contributed by atoms with Crippen LogP contribution in [0.1, 0.15) is 37.7 Å². The third-order valence-corrected chi connectivity index (χ3v) is 1.56. The lowest BCUT2D eigenvalue weighted by atomic mass is 10.3. The second kappa shape index (κ2) is 3.64. The highest BCUT2D eigenvalue weighted by Gasteiger charge is 2.14. The van der Waals surface area contributed by atoms with Crippen molar-refractivity contribution in [2.45, 2.75) is 26.0 Å². The zero-order valence-electron chi connectivity index (χ0n) is 7.44. The minimum absolute atomic E-state index is 0.152. The third-order valence-electron chi connectivity index (χ3n) is 1.56. The Kier molecular flexibility index (Phi) is 2.78. The maximum Gasteiger partial charge on any atom is 0.243 e. The first-order valence-electron chi connectivity index (χ1n) is 3.77. The van der Waals surface area contributed by atoms with Crippen molar-refractivity contribution in [3.63, 3.8) is 0 Å². The van der Waals surface area contributed by atoms with Gasteiger partial charge in [-0.25, -0.2) is 0 Å². The summed E-state index contributed by atoms with van der Waals surface area (Å²) in [6, 6.07) is -0.227. The molecule has 1 unspecified atom stereocenters. The maximum absolute atomic E-state index is 5.53. The van der Waals surface area contributed by atoms with Gasteiger partial charge in [-0.05, 0) is 13.8 Å². The Morgan fingerprint density at radius 1 is 1.50 bits per heavy atom. The number of aromatic nitrogens is 2. The molecule has 5 heteroatoms. The van der Waals surface area contributed by atoms with E-state index < -0.39 is 0 Å². The van der Waals surface area contributed by atoms with Gasteiger partial charge in [-0.1, -0.05) is 5.16 Å². The molecule has 12 heavy (non-hydrogen) atoms. The van der Waals surface area contributed by atoms with E-state index in [2.05, 4.69) is 10.1 Å². The van der Waals surface area contributed by atoms with Crippen LogP contribution in [0.2, 0.25) is 0 Å². The molecule has 68 valence electrons. The molecule has 5 nitrogen and oxygen atoms in total. The quantitative estimate of drug-likeness (QED) is 0.728. The predicted molar refractivity (Wildman–Crippen MR) is 42.3 cm³/mol. The number of nitrogens with two attached hydrogens (primary N) is 1. The van der Waals surface area contributed by atoms with Crippen molar-refractivity contribution >= 4 is 0 Å². The summed E-state index contributed by atoms with van der Waals surface area (Å²) in [5, 5.41) is 3.72. The summed E-state index contributed by atoms with van der Waals surface area (Å²) in [4.78, 5) is 4.05. The average molecular weight is 171 g/mol. The van der Waals surface area contributed by atoms with Gasteiger partial charge in [-0.15, -0.1) is 0 Å². The van der Waals surface area contributed by atoms with Crippen LogP contribution >= 0.6 is 0 Å². The second-order valence-electron chi connectivity index (χ2n) is 2.66. The monoisotopic (exact) mass is 171 g/mol. The lowest BCUT2D eigenvalue weighted by molar-refractivity contribution is 0.109. The summed E-state index contributed by atoms with van der Waals surface area (Å²) in [5.41, 5.74) is 5.53. The second-order valence-corrected chi connectivity index (χ2v) is 2.66. The smallest absolute Gasteiger partial charge is 0.243 e. The maximum atomic E-state index is 5.53. The molecule has 0 aliphatic rings. The Morgan fingerprint density at radius 3 is 2.58 bits per heavy atom. The Labute approximate surface area is 70.9 Å². The first-order chi connectivity index (χ1) is 5.65. The molecule has 1 heterocycles. The molecule has 2 atom stereocenters. The molecule has 1 rings (SSSR count). The highest BCUT2D eigenvalue weighted by Crippen LogP contribution is 2.13. The minimum Gasteiger partial charge on any atom is -0.374 e. The van der Waals surface area contributed by atoms with Crippen LogP contribution in [-0.2, 0) is 4.74 Å². The number of hydrogen-bond acceptors (Lipinski definition) is 5. The minimum atomic E-state index is -0.227. The van der Waals surface area contributed by atoms with Crippen LogP contribution in [0.15, 0.2) is 4.52 Å². The highest BCUT2D eigenvalue weighted by molar-refractivity contribution is 4.92. The van der Waals surface area contributed by atoms with Crippen LogP contribution in [0.3, 0.4) is 0 Å². The molecule has 0 bridgehead atoms. The van der Waals surface area contributed by atoms with E-state index in [1.807, 2.05) is 6.92 Å². The zero-order chi connectivity index (χ0) is 9.14. The molecule has 1 aromatic rings. The van der Waals surface area contributed by atoms with Crippen LogP contribution in [0.25, 0.3) is 0 Å². The first kappa shape index (κ1) is 9.15. The van der Waals surface area contributed by atoms with Gasteiger partial charge in [0, 0.05) is 7.11 Å². The fourth-order valence-electron chi connectivity index (χ4n) is 0.703. The topological polar surface area (TPSA) is 74.2 Å². The molecule has 0 aliphatic heterocycles. The van der Waals surface area contributed by atoms with Crippen molar-refractivity contribution in [2.24, 2.45) is 5.73 Å². The molecule has 0 saturated heterocycles. The fourth-order valence-corrected chi connectivity index (χ4v) is 0.703. The van der Waals surface area contributed by atoms with Crippen molar-refractivity contribution < 1.29 is 9.26 Å². The first-order valence-corrected chi connectivity index (χ1v) is 3.77. The summed E-state index contributed by atoms with van der Waals surface area (Å²) < 4.78 is 9.89. The number of nitrogens with zero attached hydrogens (tertiary/aromatic N) is 2. The van der Waals surface area contributed by atoms with Crippen molar-refractivity contribution in [2.75, 3.05) is 7.11 Å². The molecule has 0 aromatic carbocycles. The SMILES string of the molecule is COC(C)c1noc([C@@H](C)N)n1. The Bertz CT molecular complexity index is 247. The molecular formula is C7H13N3O2. The predicted octanol–water partition coefficient (Wildman–Crippen LogP) is 0.797. The molecular weight excluding hydrogens is 158 g/mol. The van der Waals surface area contributed by atoms with E-state index in [1.54, 1.807) is 14.0 Å². The standard InChI is InChI=1S/C7H13N3O2/c1-4(8)7-9-6(10-12-7)5(2)11-3/h4-5H,8H2,1-3H3/t4-,5?/m1/s1. The molecule has 0 aliphatic carbocycles. The van der Waals surface area contributed by atoms with Gasteiger partial charge in [0.1, 0.15) is 6.10 Å². The third kappa shape index (κ3) is 1.80. The van der Waals surface area contributed by atoms with Crippen LogP contribution < -0.4 is 5.73 Å². The normalized spacial score (nSPS) is 16.0. The summed E-state index contributed by atoms with van der Waals surface area (Å²) in [6.07, 6.45) is -0.152. The van der Waals surface area contributed by atoms with Crippen molar-refractivity contribution in [1.82, 2.24) is 10.1 Å². The van der Waals surface area contributed by atoms with Crippen LogP contribution in [-0.4, -0.2) is 17.3 Å². The molecule has 1 aromatic heterocycles. The van der Waals surface area contributed by atoms with Gasteiger partial charge < -0.3 is 15.0 Å².